The van der Waals surface area contributed by atoms with Gasteiger partial charge in [0.2, 0.25) is 0 Å². The van der Waals surface area contributed by atoms with Crippen molar-refractivity contribution in [2.75, 3.05) is 11.4 Å². The van der Waals surface area contributed by atoms with Gasteiger partial charge in [0.1, 0.15) is 5.76 Å². The van der Waals surface area contributed by atoms with E-state index < -0.39 is 5.97 Å². The van der Waals surface area contributed by atoms with Crippen LogP contribution in [0.2, 0.25) is 0 Å². The molecule has 0 aliphatic rings. The van der Waals surface area contributed by atoms with Crippen molar-refractivity contribution >= 4 is 11.8 Å². The Balaban J connectivity index is 2.18. The summed E-state index contributed by atoms with van der Waals surface area (Å²) in [5, 5.41) is 21.7. The number of carbonyl (C=O) groups is 1. The first kappa shape index (κ1) is 14.6. The van der Waals surface area contributed by atoms with E-state index in [2.05, 4.69) is 11.2 Å². The predicted octanol–water partition coefficient (Wildman–Crippen LogP) is 2.34. The second-order valence-corrected chi connectivity index (χ2v) is 4.67. The van der Waals surface area contributed by atoms with E-state index in [1.165, 1.54) is 0 Å². The molecule has 1 aromatic carbocycles. The third kappa shape index (κ3) is 4.08. The van der Waals surface area contributed by atoms with Crippen molar-refractivity contribution in [1.82, 2.24) is 5.16 Å². The number of hydrogen-bond acceptors (Lipinski definition) is 5. The maximum Gasteiger partial charge on any atom is 0.305 e. The van der Waals surface area contributed by atoms with Crippen molar-refractivity contribution in [3.05, 3.63) is 47.2 Å². The summed E-state index contributed by atoms with van der Waals surface area (Å²) < 4.78 is 5.04. The summed E-state index contributed by atoms with van der Waals surface area (Å²) in [5.41, 5.74) is 1.49. The van der Waals surface area contributed by atoms with Gasteiger partial charge in [-0.05, 0) is 24.6 Å². The molecule has 1 heterocycles. The second kappa shape index (κ2) is 6.57. The molecule has 0 saturated carbocycles. The minimum absolute atomic E-state index is 0.00382. The van der Waals surface area contributed by atoms with Gasteiger partial charge in [0.15, 0.2) is 5.82 Å². The van der Waals surface area contributed by atoms with Crippen LogP contribution in [0.4, 0.5) is 5.82 Å². The minimum Gasteiger partial charge on any atom is -0.481 e. The van der Waals surface area contributed by atoms with Crippen molar-refractivity contribution in [1.29, 1.82) is 5.26 Å². The fourth-order valence-electron chi connectivity index (χ4n) is 1.97. The number of nitrogens with zero attached hydrogens (tertiary/aromatic N) is 3. The second-order valence-electron chi connectivity index (χ2n) is 4.67. The van der Waals surface area contributed by atoms with Crippen LogP contribution < -0.4 is 4.90 Å². The first-order chi connectivity index (χ1) is 10.1. The number of aromatic nitrogens is 1. The van der Waals surface area contributed by atoms with E-state index in [4.69, 9.17) is 14.9 Å². The molecular weight excluding hydrogens is 270 g/mol. The Hall–Kier alpha value is -2.81. The fraction of sp³-hybridized carbons (Fsp3) is 0.267. The lowest BCUT2D eigenvalue weighted by atomic mass is 10.1. The van der Waals surface area contributed by atoms with Gasteiger partial charge in [0.25, 0.3) is 0 Å². The molecule has 0 amide bonds. The van der Waals surface area contributed by atoms with Crippen molar-refractivity contribution in [3.8, 4) is 6.07 Å². The number of aliphatic carboxylic acids is 1. The normalized spacial score (nSPS) is 10.1. The average molecular weight is 285 g/mol. The zero-order valence-corrected chi connectivity index (χ0v) is 11.6. The van der Waals surface area contributed by atoms with Crippen LogP contribution in [0.5, 0.6) is 0 Å². The summed E-state index contributed by atoms with van der Waals surface area (Å²) in [6.45, 7) is 2.56. The lowest BCUT2D eigenvalue weighted by Gasteiger charge is -2.21. The predicted molar refractivity (Wildman–Crippen MR) is 75.7 cm³/mol. The Labute approximate surface area is 122 Å². The smallest absolute Gasteiger partial charge is 0.305 e. The zero-order chi connectivity index (χ0) is 15.2. The molecule has 21 heavy (non-hydrogen) atoms. The summed E-state index contributed by atoms with van der Waals surface area (Å²) in [5.74, 6) is 0.387. The molecule has 6 heteroatoms. The minimum atomic E-state index is -0.869. The Morgan fingerprint density at radius 1 is 1.48 bits per heavy atom. The number of carboxylic acid groups (broad SMARTS) is 1. The first-order valence-electron chi connectivity index (χ1n) is 6.47. The molecule has 6 nitrogen and oxygen atoms in total. The number of rotatable bonds is 6. The molecule has 0 atom stereocenters. The van der Waals surface area contributed by atoms with Gasteiger partial charge in [-0.2, -0.15) is 5.26 Å². The fourth-order valence-corrected chi connectivity index (χ4v) is 1.97. The van der Waals surface area contributed by atoms with E-state index in [1.54, 1.807) is 31.2 Å². The number of aryl methyl sites for hydroxylation is 1. The highest BCUT2D eigenvalue weighted by atomic mass is 16.5. The van der Waals surface area contributed by atoms with Gasteiger partial charge in [-0.3, -0.25) is 4.79 Å². The number of carboxylic acids is 1. The van der Waals surface area contributed by atoms with Gasteiger partial charge < -0.3 is 14.5 Å². The number of nitriles is 1. The molecular formula is C15H15N3O3. The summed E-state index contributed by atoms with van der Waals surface area (Å²) in [6, 6.07) is 11.0. The highest BCUT2D eigenvalue weighted by molar-refractivity contribution is 5.67. The molecule has 1 aromatic heterocycles. The van der Waals surface area contributed by atoms with Crippen molar-refractivity contribution in [2.24, 2.45) is 0 Å². The Kier molecular flexibility index (Phi) is 4.57. The maximum absolute atomic E-state index is 10.8. The van der Waals surface area contributed by atoms with E-state index in [-0.39, 0.29) is 6.42 Å². The lowest BCUT2D eigenvalue weighted by Crippen LogP contribution is -2.26. The van der Waals surface area contributed by atoms with Gasteiger partial charge in [-0.15, -0.1) is 0 Å². The summed E-state index contributed by atoms with van der Waals surface area (Å²) in [4.78, 5) is 12.6. The van der Waals surface area contributed by atoms with Crippen LogP contribution in [0.3, 0.4) is 0 Å². The van der Waals surface area contributed by atoms with Crippen LogP contribution in [0.25, 0.3) is 0 Å². The topological polar surface area (TPSA) is 90.4 Å². The van der Waals surface area contributed by atoms with E-state index in [9.17, 15) is 4.79 Å². The van der Waals surface area contributed by atoms with Gasteiger partial charge >= 0.3 is 5.97 Å². The molecule has 108 valence electrons. The molecule has 0 fully saturated rings. The van der Waals surface area contributed by atoms with Crippen LogP contribution in [-0.2, 0) is 11.3 Å². The number of anilines is 1. The van der Waals surface area contributed by atoms with Crippen molar-refractivity contribution in [3.63, 3.8) is 0 Å². The Morgan fingerprint density at radius 3 is 2.90 bits per heavy atom. The highest BCUT2D eigenvalue weighted by Crippen LogP contribution is 2.18. The molecule has 0 bridgehead atoms. The Bertz CT molecular complexity index is 673. The maximum atomic E-state index is 10.8. The SMILES string of the molecule is Cc1cc(N(CCC(=O)O)Cc2cccc(C#N)c2)no1. The largest absolute Gasteiger partial charge is 0.481 e. The monoisotopic (exact) mass is 285 g/mol. The number of benzene rings is 1. The average Bonchev–Trinajstić information content (AvgIpc) is 2.90. The highest BCUT2D eigenvalue weighted by Gasteiger charge is 2.13. The molecule has 0 aliphatic carbocycles. The van der Waals surface area contributed by atoms with Gasteiger partial charge in [-0.25, -0.2) is 0 Å². The van der Waals surface area contributed by atoms with Crippen LogP contribution in [-0.4, -0.2) is 22.8 Å². The molecule has 2 rings (SSSR count). The van der Waals surface area contributed by atoms with E-state index in [0.717, 1.165) is 5.56 Å². The summed E-state index contributed by atoms with van der Waals surface area (Å²) >= 11 is 0. The van der Waals surface area contributed by atoms with E-state index in [0.29, 0.717) is 30.2 Å². The Morgan fingerprint density at radius 2 is 2.29 bits per heavy atom. The molecule has 0 spiro atoms. The number of hydrogen-bond donors (Lipinski definition) is 1. The third-order valence-electron chi connectivity index (χ3n) is 2.96. The van der Waals surface area contributed by atoms with Crippen LogP contribution in [0.15, 0.2) is 34.9 Å². The standard InChI is InChI=1S/C15H15N3O3/c1-11-7-14(17-21-11)18(6-5-15(19)20)10-13-4-2-3-12(8-13)9-16/h2-4,7-8H,5-6,10H2,1H3,(H,19,20). The summed E-state index contributed by atoms with van der Waals surface area (Å²) in [7, 11) is 0. The molecule has 1 N–H and O–H groups in total. The lowest BCUT2D eigenvalue weighted by molar-refractivity contribution is -0.136. The van der Waals surface area contributed by atoms with Crippen LogP contribution >= 0.6 is 0 Å². The molecule has 0 aliphatic heterocycles. The summed E-state index contributed by atoms with van der Waals surface area (Å²) in [6.07, 6.45) is 0.00382. The van der Waals surface area contributed by atoms with E-state index in [1.807, 2.05) is 11.0 Å². The molecule has 0 saturated heterocycles. The van der Waals surface area contributed by atoms with Gasteiger partial charge in [-0.1, -0.05) is 17.3 Å². The molecule has 0 radical (unpaired) electrons. The van der Waals surface area contributed by atoms with Crippen LogP contribution in [0.1, 0.15) is 23.3 Å². The third-order valence-corrected chi connectivity index (χ3v) is 2.96. The quantitative estimate of drug-likeness (QED) is 0.876. The van der Waals surface area contributed by atoms with Crippen molar-refractivity contribution in [2.45, 2.75) is 19.9 Å². The zero-order valence-electron chi connectivity index (χ0n) is 11.6. The van der Waals surface area contributed by atoms with Crippen LogP contribution in [0, 0.1) is 18.3 Å². The van der Waals surface area contributed by atoms with Gasteiger partial charge in [0.05, 0.1) is 18.1 Å². The van der Waals surface area contributed by atoms with E-state index >= 15 is 0 Å². The molecule has 0 unspecified atom stereocenters. The molecule has 2 aromatic rings. The van der Waals surface area contributed by atoms with Gasteiger partial charge in [0, 0.05) is 19.2 Å². The van der Waals surface area contributed by atoms with Crippen molar-refractivity contribution < 1.29 is 14.4 Å². The first-order valence-corrected chi connectivity index (χ1v) is 6.47.